The standard InChI is InChI=1S/C17H28N2O2.C2H5.Y/c1-2-15(20)13-3-5-14(6-4-13)16(21)19-9-7-17(8-10-19)11-18-12-17;1-2;/h13-14,18H,2-12H2,1H3;1H2,2H3;/q;-1;. The first kappa shape index (κ1) is 22.2. The molecule has 24 heavy (non-hydrogen) atoms. The summed E-state index contributed by atoms with van der Waals surface area (Å²) in [5.41, 5.74) is 0.502. The van der Waals surface area contributed by atoms with E-state index in [0.717, 1.165) is 64.7 Å². The number of nitrogens with one attached hydrogen (secondary N) is 1. The van der Waals surface area contributed by atoms with Crippen LogP contribution in [0.25, 0.3) is 0 Å². The quantitative estimate of drug-likeness (QED) is 0.728. The molecule has 2 aliphatic heterocycles. The first-order valence-corrected chi connectivity index (χ1v) is 9.36. The van der Waals surface area contributed by atoms with Crippen molar-refractivity contribution in [3.63, 3.8) is 0 Å². The van der Waals surface area contributed by atoms with Crippen molar-refractivity contribution in [1.29, 1.82) is 0 Å². The van der Waals surface area contributed by atoms with E-state index in [4.69, 9.17) is 0 Å². The van der Waals surface area contributed by atoms with Gasteiger partial charge in [-0.2, -0.15) is 6.92 Å². The van der Waals surface area contributed by atoms with Crippen LogP contribution in [0.4, 0.5) is 0 Å². The fraction of sp³-hybridized carbons (Fsp3) is 0.842. The molecule has 3 fully saturated rings. The average molecular weight is 410 g/mol. The summed E-state index contributed by atoms with van der Waals surface area (Å²) < 4.78 is 0. The molecule has 0 bridgehead atoms. The van der Waals surface area contributed by atoms with Crippen LogP contribution in [-0.4, -0.2) is 42.8 Å². The minimum absolute atomic E-state index is 0. The normalized spacial score (nSPS) is 28.0. The minimum atomic E-state index is 0. The van der Waals surface area contributed by atoms with Crippen molar-refractivity contribution in [2.45, 2.75) is 58.8 Å². The van der Waals surface area contributed by atoms with Crippen LogP contribution in [0, 0.1) is 24.2 Å². The number of piperidine rings is 1. The number of Topliss-reactive ketones (excluding diaryl/α,β-unsaturated/α-hetero) is 1. The molecule has 1 radical (unpaired) electrons. The average Bonchev–Trinajstić information content (AvgIpc) is 2.61. The van der Waals surface area contributed by atoms with Crippen molar-refractivity contribution in [2.24, 2.45) is 17.3 Å². The maximum atomic E-state index is 12.6. The van der Waals surface area contributed by atoms with E-state index in [1.54, 1.807) is 6.92 Å². The number of rotatable bonds is 3. The van der Waals surface area contributed by atoms with Crippen LogP contribution in [0.1, 0.15) is 58.8 Å². The van der Waals surface area contributed by atoms with Crippen molar-refractivity contribution < 1.29 is 42.3 Å². The molecule has 0 aromatic carbocycles. The van der Waals surface area contributed by atoms with E-state index in [9.17, 15) is 9.59 Å². The third-order valence-corrected chi connectivity index (χ3v) is 6.02. The maximum Gasteiger partial charge on any atom is 0.225 e. The Bertz CT molecular complexity index is 406. The summed E-state index contributed by atoms with van der Waals surface area (Å²) in [7, 11) is 0. The molecule has 0 atom stereocenters. The molecule has 1 amide bonds. The van der Waals surface area contributed by atoms with Crippen molar-refractivity contribution >= 4 is 11.7 Å². The SMILES string of the molecule is CCC(=O)C1CCC(C(=O)N2CCC3(CC2)CNC3)CC1.[CH2-]C.[Y]. The number of carbonyl (C=O) groups is 2. The van der Waals surface area contributed by atoms with Gasteiger partial charge in [0.15, 0.2) is 0 Å². The second-order valence-electron chi connectivity index (χ2n) is 7.30. The smallest absolute Gasteiger partial charge is 0.225 e. The number of amides is 1. The molecular weight excluding hydrogens is 377 g/mol. The molecule has 1 saturated carbocycles. The van der Waals surface area contributed by atoms with Crippen LogP contribution in [0.3, 0.4) is 0 Å². The topological polar surface area (TPSA) is 49.4 Å². The van der Waals surface area contributed by atoms with E-state index in [1.165, 1.54) is 0 Å². The molecule has 1 N–H and O–H groups in total. The van der Waals surface area contributed by atoms with Crippen molar-refractivity contribution in [3.05, 3.63) is 6.92 Å². The molecule has 5 heteroatoms. The van der Waals surface area contributed by atoms with E-state index in [2.05, 4.69) is 17.1 Å². The molecule has 1 aliphatic carbocycles. The summed E-state index contributed by atoms with van der Waals surface area (Å²) in [5, 5.41) is 3.36. The Morgan fingerprint density at radius 3 is 1.96 bits per heavy atom. The Morgan fingerprint density at radius 2 is 1.54 bits per heavy atom. The molecule has 135 valence electrons. The number of hydrogen-bond donors (Lipinski definition) is 1. The van der Waals surface area contributed by atoms with E-state index >= 15 is 0 Å². The van der Waals surface area contributed by atoms with Crippen LogP contribution < -0.4 is 5.32 Å². The summed E-state index contributed by atoms with van der Waals surface area (Å²) in [6.45, 7) is 11.1. The van der Waals surface area contributed by atoms with E-state index < -0.39 is 0 Å². The van der Waals surface area contributed by atoms with Gasteiger partial charge in [-0.05, 0) is 43.9 Å². The predicted molar refractivity (Wildman–Crippen MR) is 92.9 cm³/mol. The Labute approximate surface area is 172 Å². The van der Waals surface area contributed by atoms with Crippen molar-refractivity contribution in [1.82, 2.24) is 10.2 Å². The minimum Gasteiger partial charge on any atom is -0.346 e. The second-order valence-corrected chi connectivity index (χ2v) is 7.30. The Morgan fingerprint density at radius 1 is 1.04 bits per heavy atom. The third-order valence-electron chi connectivity index (χ3n) is 6.02. The molecule has 0 unspecified atom stereocenters. The first-order valence-electron chi connectivity index (χ1n) is 9.36. The Hall–Kier alpha value is 0.204. The molecule has 1 spiro atoms. The number of hydrogen-bond acceptors (Lipinski definition) is 3. The Balaban J connectivity index is 0.000000925. The fourth-order valence-corrected chi connectivity index (χ4v) is 4.24. The summed E-state index contributed by atoms with van der Waals surface area (Å²) in [6, 6.07) is 0. The fourth-order valence-electron chi connectivity index (χ4n) is 4.24. The largest absolute Gasteiger partial charge is 0.346 e. The van der Waals surface area contributed by atoms with Gasteiger partial charge in [-0.3, -0.25) is 9.59 Å². The van der Waals surface area contributed by atoms with Gasteiger partial charge in [0.05, 0.1) is 0 Å². The predicted octanol–water partition coefficient (Wildman–Crippen LogP) is 2.82. The number of likely N-dealkylation sites (tertiary alicyclic amines) is 1. The molecule has 3 rings (SSSR count). The first-order chi connectivity index (χ1) is 11.1. The van der Waals surface area contributed by atoms with Gasteiger partial charge in [-0.15, -0.1) is 0 Å². The molecular formula is C19H33N2O2Y-. The van der Waals surface area contributed by atoms with Gasteiger partial charge >= 0.3 is 0 Å². The van der Waals surface area contributed by atoms with Gasteiger partial charge in [0.1, 0.15) is 5.78 Å². The summed E-state index contributed by atoms with van der Waals surface area (Å²) in [4.78, 5) is 26.5. The molecule has 4 nitrogen and oxygen atoms in total. The maximum absolute atomic E-state index is 12.6. The summed E-state index contributed by atoms with van der Waals surface area (Å²) >= 11 is 0. The zero-order valence-electron chi connectivity index (χ0n) is 15.5. The number of nitrogens with zero attached hydrogens (tertiary/aromatic N) is 1. The van der Waals surface area contributed by atoms with Gasteiger partial charge in [0, 0.05) is 77.1 Å². The zero-order valence-corrected chi connectivity index (χ0v) is 18.3. The van der Waals surface area contributed by atoms with Crippen LogP contribution in [0.5, 0.6) is 0 Å². The van der Waals surface area contributed by atoms with Crippen LogP contribution in [-0.2, 0) is 42.3 Å². The number of carbonyl (C=O) groups excluding carboxylic acids is 2. The van der Waals surface area contributed by atoms with Crippen molar-refractivity contribution in [2.75, 3.05) is 26.2 Å². The summed E-state index contributed by atoms with van der Waals surface area (Å²) in [6.07, 6.45) is 6.64. The number of ketones is 1. The van der Waals surface area contributed by atoms with Gasteiger partial charge in [0.25, 0.3) is 0 Å². The molecule has 2 saturated heterocycles. The monoisotopic (exact) mass is 410 g/mol. The molecule has 2 heterocycles. The molecule has 3 aliphatic rings. The van der Waals surface area contributed by atoms with Crippen LogP contribution in [0.15, 0.2) is 0 Å². The van der Waals surface area contributed by atoms with Gasteiger partial charge in [-0.25, -0.2) is 0 Å². The van der Waals surface area contributed by atoms with Crippen molar-refractivity contribution in [3.8, 4) is 0 Å². The van der Waals surface area contributed by atoms with E-state index in [1.807, 2.05) is 6.92 Å². The van der Waals surface area contributed by atoms with Gasteiger partial charge in [-0.1, -0.05) is 6.92 Å². The zero-order chi connectivity index (χ0) is 16.9. The molecule has 0 aromatic rings. The van der Waals surface area contributed by atoms with E-state index in [0.29, 0.717) is 23.5 Å². The third kappa shape index (κ3) is 5.11. The van der Waals surface area contributed by atoms with Gasteiger partial charge < -0.3 is 17.1 Å². The van der Waals surface area contributed by atoms with Crippen LogP contribution >= 0.6 is 0 Å². The molecule has 0 aromatic heterocycles. The van der Waals surface area contributed by atoms with Gasteiger partial charge in [0.2, 0.25) is 5.91 Å². The Kier molecular flexibility index (Phi) is 9.62. The summed E-state index contributed by atoms with van der Waals surface area (Å²) in [5.74, 6) is 1.15. The van der Waals surface area contributed by atoms with Crippen LogP contribution in [0.2, 0.25) is 0 Å². The van der Waals surface area contributed by atoms with E-state index in [-0.39, 0.29) is 44.5 Å². The second kappa shape index (κ2) is 10.4.